The smallest absolute Gasteiger partial charge is 0.245 e. The number of aromatic nitrogens is 2. The quantitative estimate of drug-likeness (QED) is 0.0198. The lowest BCUT2D eigenvalue weighted by molar-refractivity contribution is -0.140. The number of benzene rings is 1. The maximum absolute atomic E-state index is 14.1. The van der Waals surface area contributed by atoms with Crippen molar-refractivity contribution in [3.8, 4) is 0 Å². The lowest BCUT2D eigenvalue weighted by atomic mass is 10.0. The molecule has 1 aromatic carbocycles. The summed E-state index contributed by atoms with van der Waals surface area (Å²) in [7, 11) is 0. The van der Waals surface area contributed by atoms with Gasteiger partial charge in [0.2, 0.25) is 59.1 Å². The zero-order chi connectivity index (χ0) is 55.1. The van der Waals surface area contributed by atoms with Gasteiger partial charge in [-0.3, -0.25) is 52.9 Å². The number of rotatable bonds is 30. The predicted octanol–water partition coefficient (Wildman–Crippen LogP) is -5.09. The Morgan fingerprint density at radius 2 is 1.34 bits per heavy atom. The highest BCUT2D eigenvalue weighted by Crippen LogP contribution is 2.19. The number of nitrogens with one attached hydrogen (secondary N) is 9. The van der Waals surface area contributed by atoms with Gasteiger partial charge in [0.1, 0.15) is 42.3 Å². The summed E-state index contributed by atoms with van der Waals surface area (Å²) in [5.41, 5.74) is 23.0. The lowest BCUT2D eigenvalue weighted by Crippen LogP contribution is -2.59. The van der Waals surface area contributed by atoms with E-state index in [-0.39, 0.29) is 44.1 Å². The number of carbonyl (C=O) groups excluding carboxylic acids is 10. The van der Waals surface area contributed by atoms with Crippen molar-refractivity contribution in [2.45, 2.75) is 128 Å². The molecule has 74 heavy (non-hydrogen) atoms. The molecule has 1 aliphatic heterocycles. The minimum absolute atomic E-state index is 0.0724. The molecule has 18 N–H and O–H groups in total. The highest BCUT2D eigenvalue weighted by Gasteiger charge is 2.38. The average Bonchev–Trinajstić information content (AvgIpc) is 4.06. The number of imidazole rings is 1. The zero-order valence-corrected chi connectivity index (χ0v) is 42.5. The Labute approximate surface area is 429 Å². The maximum atomic E-state index is 14.1. The summed E-state index contributed by atoms with van der Waals surface area (Å²) in [5, 5.41) is 30.4. The van der Waals surface area contributed by atoms with Crippen LogP contribution >= 0.6 is 0 Å². The molecule has 27 heteroatoms. The lowest BCUT2D eigenvalue weighted by Gasteiger charge is -2.28. The molecule has 2 aromatic rings. The molecule has 10 amide bonds. The van der Waals surface area contributed by atoms with Crippen LogP contribution in [0.1, 0.15) is 78.0 Å². The van der Waals surface area contributed by atoms with E-state index < -0.39 is 133 Å². The van der Waals surface area contributed by atoms with E-state index in [1.807, 2.05) is 0 Å². The van der Waals surface area contributed by atoms with Crippen LogP contribution in [0.5, 0.6) is 0 Å². The van der Waals surface area contributed by atoms with Gasteiger partial charge in [0.05, 0.1) is 32.1 Å². The van der Waals surface area contributed by atoms with E-state index in [2.05, 4.69) is 57.5 Å². The van der Waals surface area contributed by atoms with E-state index >= 15 is 0 Å². The topological polar surface area (TPSA) is 436 Å². The molecule has 0 spiro atoms. The molecule has 0 saturated carbocycles. The number of hydrogen-bond donors (Lipinski definition) is 14. The minimum atomic E-state index is -1.49. The number of amides is 10. The molecule has 408 valence electrons. The van der Waals surface area contributed by atoms with Gasteiger partial charge in [-0.1, -0.05) is 58.0 Å². The molecule has 3 rings (SSSR count). The number of primary amides is 1. The molecule has 1 aromatic heterocycles. The van der Waals surface area contributed by atoms with E-state index in [0.29, 0.717) is 37.1 Å². The number of H-pyrrole nitrogens is 1. The van der Waals surface area contributed by atoms with Gasteiger partial charge in [-0.25, -0.2) is 4.98 Å². The second kappa shape index (κ2) is 30.4. The fraction of sp³-hybridized carbons (Fsp3) is 0.574. The van der Waals surface area contributed by atoms with Gasteiger partial charge in [0.25, 0.3) is 0 Å². The van der Waals surface area contributed by atoms with Crippen LogP contribution in [0.25, 0.3) is 0 Å². The molecule has 1 aliphatic rings. The van der Waals surface area contributed by atoms with Gasteiger partial charge in [0.15, 0.2) is 5.96 Å². The molecule has 1 saturated heterocycles. The molecule has 27 nitrogen and oxygen atoms in total. The van der Waals surface area contributed by atoms with E-state index in [1.54, 1.807) is 58.0 Å². The average molecular weight is 1040 g/mol. The Bertz CT molecular complexity index is 2260. The molecule has 0 radical (unpaired) electrons. The fourth-order valence-electron chi connectivity index (χ4n) is 7.80. The van der Waals surface area contributed by atoms with Crippen LogP contribution < -0.4 is 65.5 Å². The van der Waals surface area contributed by atoms with Crippen molar-refractivity contribution in [2.24, 2.45) is 39.8 Å². The van der Waals surface area contributed by atoms with Crippen molar-refractivity contribution in [3.63, 3.8) is 0 Å². The van der Waals surface area contributed by atoms with Crippen molar-refractivity contribution in [1.82, 2.24) is 57.4 Å². The van der Waals surface area contributed by atoms with Crippen LogP contribution in [0.15, 0.2) is 47.8 Å². The number of aliphatic hydroxyl groups is 1. The fourth-order valence-corrected chi connectivity index (χ4v) is 7.80. The normalized spacial score (nSPS) is 16.0. The summed E-state index contributed by atoms with van der Waals surface area (Å²) in [5.74, 6) is -8.35. The number of carbonyl (C=O) groups is 10. The number of nitrogens with two attached hydrogens (primary N) is 4. The standard InChI is InChI=1S/C47H74N16O11/c1-25(2)17-31(59-43(71)34(23-64)61-44(72)35-14-10-16-63(35)46(74)27(5)48)40(68)54-21-36(65)57-32(18-28-11-7-6-8-12-28)42(70)60-33(19-29-20-52-24-56-29)41(69)55-22-37(66)62-38(26(3)4)45(73)58-30(39(49)67)13-9-15-53-47(50)51/h6-8,11-12,20,24-27,30-35,38,64H,9-10,13-19,21-23,48H2,1-5H3,(H2,49,67)(H,52,56)(H,54,68)(H,55,69)(H,57,65)(H,58,73)(H,59,71)(H,60,70)(H,61,72)(H,62,66)(H4,50,51,53). The highest BCUT2D eigenvalue weighted by atomic mass is 16.3. The third-order valence-corrected chi connectivity index (χ3v) is 11.6. The molecule has 1 fully saturated rings. The third kappa shape index (κ3) is 20.4. The van der Waals surface area contributed by atoms with Gasteiger partial charge >= 0.3 is 0 Å². The largest absolute Gasteiger partial charge is 0.394 e. The maximum Gasteiger partial charge on any atom is 0.245 e. The predicted molar refractivity (Wildman–Crippen MR) is 269 cm³/mol. The minimum Gasteiger partial charge on any atom is -0.394 e. The molecule has 8 atom stereocenters. The first-order chi connectivity index (χ1) is 35.0. The SMILES string of the molecule is CC(C)CC(NC(=O)C(CO)NC(=O)C1CCCN1C(=O)C(C)N)C(=O)NCC(=O)NC(Cc1ccccc1)C(=O)NC(Cc1cnc[nH]1)C(=O)NCC(=O)NC(C(=O)NC(CCCN=C(N)N)C(N)=O)C(C)C. The number of likely N-dealkylation sites (tertiary alicyclic amines) is 1. The van der Waals surface area contributed by atoms with E-state index in [1.165, 1.54) is 24.3 Å². The number of hydrogen-bond acceptors (Lipinski definition) is 14. The molecule has 8 unspecified atom stereocenters. The zero-order valence-electron chi connectivity index (χ0n) is 42.5. The molecular formula is C47H74N16O11. The van der Waals surface area contributed by atoms with Gasteiger partial charge in [0, 0.05) is 37.8 Å². The first kappa shape index (κ1) is 60.6. The summed E-state index contributed by atoms with van der Waals surface area (Å²) in [6.45, 7) is 6.70. The Hall–Kier alpha value is -7.68. The van der Waals surface area contributed by atoms with Crippen molar-refractivity contribution in [3.05, 3.63) is 54.1 Å². The summed E-state index contributed by atoms with van der Waals surface area (Å²) in [4.78, 5) is 145. The van der Waals surface area contributed by atoms with E-state index in [4.69, 9.17) is 22.9 Å². The second-order valence-corrected chi connectivity index (χ2v) is 18.7. The summed E-state index contributed by atoms with van der Waals surface area (Å²) < 4.78 is 0. The molecule has 0 aliphatic carbocycles. The van der Waals surface area contributed by atoms with Gasteiger partial charge in [-0.2, -0.15) is 0 Å². The molecule has 0 bridgehead atoms. The van der Waals surface area contributed by atoms with Crippen LogP contribution in [0.3, 0.4) is 0 Å². The summed E-state index contributed by atoms with van der Waals surface area (Å²) in [6, 6.07) is -0.827. The molecular weight excluding hydrogens is 965 g/mol. The van der Waals surface area contributed by atoms with Gasteiger partial charge in [-0.05, 0) is 56.4 Å². The second-order valence-electron chi connectivity index (χ2n) is 18.7. The highest BCUT2D eigenvalue weighted by molar-refractivity contribution is 5.98. The van der Waals surface area contributed by atoms with Gasteiger partial charge < -0.3 is 80.5 Å². The van der Waals surface area contributed by atoms with Crippen molar-refractivity contribution < 1.29 is 53.1 Å². The summed E-state index contributed by atoms with van der Waals surface area (Å²) in [6.07, 6.45) is 3.91. The van der Waals surface area contributed by atoms with Crippen LogP contribution in [-0.4, -0.2) is 166 Å². The number of nitrogens with zero attached hydrogens (tertiary/aromatic N) is 3. The number of aliphatic hydroxyl groups excluding tert-OH is 1. The third-order valence-electron chi connectivity index (χ3n) is 11.6. The summed E-state index contributed by atoms with van der Waals surface area (Å²) >= 11 is 0. The Morgan fingerprint density at radius 1 is 0.743 bits per heavy atom. The Balaban J connectivity index is 1.70. The number of aliphatic imine (C=N–C) groups is 1. The Kier molecular flexibility index (Phi) is 24.9. The van der Waals surface area contributed by atoms with E-state index in [9.17, 15) is 53.1 Å². The van der Waals surface area contributed by atoms with E-state index in [0.717, 1.165) is 0 Å². The van der Waals surface area contributed by atoms with Crippen LogP contribution in [0.4, 0.5) is 0 Å². The van der Waals surface area contributed by atoms with Crippen LogP contribution in [0, 0.1) is 11.8 Å². The first-order valence-electron chi connectivity index (χ1n) is 24.4. The van der Waals surface area contributed by atoms with Crippen molar-refractivity contribution in [2.75, 3.05) is 32.8 Å². The number of guanidine groups is 1. The van der Waals surface area contributed by atoms with Gasteiger partial charge in [-0.15, -0.1) is 0 Å². The van der Waals surface area contributed by atoms with Crippen molar-refractivity contribution >= 4 is 65.0 Å². The first-order valence-corrected chi connectivity index (χ1v) is 24.4. The van der Waals surface area contributed by atoms with Crippen molar-refractivity contribution in [1.29, 1.82) is 0 Å². The molecule has 2 heterocycles. The monoisotopic (exact) mass is 1040 g/mol. The number of aromatic amines is 1. The van der Waals surface area contributed by atoms with Crippen LogP contribution in [0.2, 0.25) is 0 Å². The Morgan fingerprint density at radius 3 is 1.91 bits per heavy atom. The van der Waals surface area contributed by atoms with Crippen LogP contribution in [-0.2, 0) is 60.8 Å².